The molecule has 7 nitrogen and oxygen atoms in total. The largest absolute Gasteiger partial charge is 0.417 e. The highest BCUT2D eigenvalue weighted by molar-refractivity contribution is 7.89. The van der Waals surface area contributed by atoms with E-state index in [1.807, 2.05) is 19.2 Å². The molecule has 128 valence electrons. The van der Waals surface area contributed by atoms with E-state index in [0.717, 1.165) is 5.01 Å². The number of nitrogens with one attached hydrogen (secondary N) is 2. The van der Waals surface area contributed by atoms with Crippen LogP contribution in [0, 0.1) is 5.92 Å². The Morgan fingerprint density at radius 1 is 1.38 bits per heavy atom. The highest BCUT2D eigenvalue weighted by Crippen LogP contribution is 2.26. The smallest absolute Gasteiger partial charge is 0.408 e. The summed E-state index contributed by atoms with van der Waals surface area (Å²) in [5.41, 5.74) is 0.662. The molecule has 0 aliphatic rings. The summed E-state index contributed by atoms with van der Waals surface area (Å²) in [4.78, 5) is 18.0. The van der Waals surface area contributed by atoms with Crippen molar-refractivity contribution in [1.29, 1.82) is 0 Å². The molecule has 1 aromatic carbocycles. The van der Waals surface area contributed by atoms with Crippen molar-refractivity contribution in [2.24, 2.45) is 5.92 Å². The first kappa shape index (κ1) is 16.9. The number of H-pyrrole nitrogens is 1. The van der Waals surface area contributed by atoms with Crippen molar-refractivity contribution < 1.29 is 12.8 Å². The van der Waals surface area contributed by atoms with Crippen molar-refractivity contribution >= 4 is 32.5 Å². The Balaban J connectivity index is 1.93. The summed E-state index contributed by atoms with van der Waals surface area (Å²) < 4.78 is 33.0. The zero-order chi connectivity index (χ0) is 17.3. The van der Waals surface area contributed by atoms with Crippen LogP contribution in [0.5, 0.6) is 0 Å². The van der Waals surface area contributed by atoms with E-state index in [2.05, 4.69) is 14.7 Å². The van der Waals surface area contributed by atoms with Gasteiger partial charge in [-0.15, -0.1) is 11.3 Å². The third-order valence-corrected chi connectivity index (χ3v) is 5.82. The molecule has 0 amide bonds. The minimum Gasteiger partial charge on any atom is -0.408 e. The lowest BCUT2D eigenvalue weighted by atomic mass is 10.1. The fourth-order valence-corrected chi connectivity index (χ4v) is 4.43. The molecule has 0 aliphatic heterocycles. The predicted octanol–water partition coefficient (Wildman–Crippen LogP) is 2.64. The van der Waals surface area contributed by atoms with Crippen LogP contribution in [0.3, 0.4) is 0 Å². The molecule has 0 fully saturated rings. The molecule has 0 aliphatic carbocycles. The molecule has 0 saturated heterocycles. The van der Waals surface area contributed by atoms with E-state index < -0.39 is 21.8 Å². The zero-order valence-electron chi connectivity index (χ0n) is 13.1. The monoisotopic (exact) mass is 367 g/mol. The van der Waals surface area contributed by atoms with Gasteiger partial charge in [0.2, 0.25) is 10.0 Å². The topological polar surface area (TPSA) is 105 Å². The van der Waals surface area contributed by atoms with Crippen molar-refractivity contribution in [2.75, 3.05) is 0 Å². The lowest BCUT2D eigenvalue weighted by molar-refractivity contribution is 0.470. The van der Waals surface area contributed by atoms with Gasteiger partial charge >= 0.3 is 5.76 Å². The molecule has 9 heteroatoms. The molecule has 0 bridgehead atoms. The molecule has 1 atom stereocenters. The molecule has 24 heavy (non-hydrogen) atoms. The number of fused-ring (bicyclic) bond motifs is 1. The number of aromatic nitrogens is 2. The summed E-state index contributed by atoms with van der Waals surface area (Å²) in [5, 5.41) is 2.54. The molecule has 0 saturated carbocycles. The summed E-state index contributed by atoms with van der Waals surface area (Å²) in [5.74, 6) is -0.320. The van der Waals surface area contributed by atoms with Crippen LogP contribution < -0.4 is 10.5 Å². The zero-order valence-corrected chi connectivity index (χ0v) is 14.8. The number of nitrogens with zero attached hydrogens (tertiary/aromatic N) is 1. The van der Waals surface area contributed by atoms with Gasteiger partial charge in [0.05, 0.1) is 16.5 Å². The number of hydrogen-bond donors (Lipinski definition) is 2. The predicted molar refractivity (Wildman–Crippen MR) is 91.5 cm³/mol. The van der Waals surface area contributed by atoms with Crippen molar-refractivity contribution in [3.05, 3.63) is 45.3 Å². The normalized spacial score (nSPS) is 13.6. The molecular weight excluding hydrogens is 350 g/mol. The summed E-state index contributed by atoms with van der Waals surface area (Å²) in [6.07, 6.45) is 2.29. The van der Waals surface area contributed by atoms with Crippen LogP contribution in [0.25, 0.3) is 11.1 Å². The second-order valence-corrected chi connectivity index (χ2v) is 8.49. The van der Waals surface area contributed by atoms with Crippen molar-refractivity contribution in [1.82, 2.24) is 14.7 Å². The van der Waals surface area contributed by atoms with E-state index >= 15 is 0 Å². The Bertz CT molecular complexity index is 987. The van der Waals surface area contributed by atoms with Crippen LogP contribution in [0.1, 0.15) is 31.3 Å². The Hall–Kier alpha value is -1.97. The van der Waals surface area contributed by atoms with Crippen LogP contribution in [0.15, 0.2) is 43.9 Å². The van der Waals surface area contributed by atoms with Crippen LogP contribution in [-0.4, -0.2) is 18.4 Å². The minimum absolute atomic E-state index is 0.0445. The first-order valence-electron chi connectivity index (χ1n) is 7.40. The van der Waals surface area contributed by atoms with E-state index in [1.165, 1.54) is 29.5 Å². The van der Waals surface area contributed by atoms with E-state index in [-0.39, 0.29) is 10.5 Å². The van der Waals surface area contributed by atoms with Gasteiger partial charge in [-0.2, -0.15) is 0 Å². The van der Waals surface area contributed by atoms with Crippen LogP contribution >= 0.6 is 11.3 Å². The maximum Gasteiger partial charge on any atom is 0.417 e. The molecular formula is C15H17N3O4S2. The fraction of sp³-hybridized carbons (Fsp3) is 0.333. The average Bonchev–Trinajstić information content (AvgIpc) is 3.13. The van der Waals surface area contributed by atoms with Crippen LogP contribution in [0.4, 0.5) is 0 Å². The molecule has 3 rings (SSSR count). The third-order valence-electron chi connectivity index (χ3n) is 3.46. The maximum absolute atomic E-state index is 12.7. The molecule has 0 radical (unpaired) electrons. The van der Waals surface area contributed by atoms with Crippen molar-refractivity contribution in [3.8, 4) is 0 Å². The number of rotatable bonds is 6. The number of sulfonamides is 1. The van der Waals surface area contributed by atoms with Crippen LogP contribution in [0.2, 0.25) is 0 Å². The standard InChI is InChI=1S/C15H17N3O4S2/c1-9(2)7-12(14-16-5-6-23-14)18-24(20,21)10-3-4-11-13(8-10)22-15(19)17-11/h3-6,8-9,12,18H,7H2,1-2H3,(H,17,19). The number of oxazole rings is 1. The third kappa shape index (κ3) is 3.58. The van der Waals surface area contributed by atoms with Gasteiger partial charge in [-0.3, -0.25) is 4.98 Å². The summed E-state index contributed by atoms with van der Waals surface area (Å²) in [6, 6.07) is 3.88. The minimum atomic E-state index is -3.77. The van der Waals surface area contributed by atoms with Gasteiger partial charge in [-0.05, 0) is 24.5 Å². The Morgan fingerprint density at radius 2 is 2.17 bits per heavy atom. The molecule has 3 aromatic rings. The summed E-state index contributed by atoms with van der Waals surface area (Å²) in [6.45, 7) is 4.05. The fourth-order valence-electron chi connectivity index (χ4n) is 2.43. The Labute approximate surface area is 142 Å². The summed E-state index contributed by atoms with van der Waals surface area (Å²) in [7, 11) is -3.77. The number of benzene rings is 1. The van der Waals surface area contributed by atoms with Gasteiger partial charge in [0.1, 0.15) is 5.01 Å². The number of thiazole rings is 1. The lowest BCUT2D eigenvalue weighted by Gasteiger charge is -2.18. The molecule has 2 heterocycles. The highest BCUT2D eigenvalue weighted by atomic mass is 32.2. The molecule has 0 spiro atoms. The quantitative estimate of drug-likeness (QED) is 0.697. The van der Waals surface area contributed by atoms with E-state index in [0.29, 0.717) is 17.9 Å². The maximum atomic E-state index is 12.7. The van der Waals surface area contributed by atoms with Gasteiger partial charge in [0, 0.05) is 17.6 Å². The lowest BCUT2D eigenvalue weighted by Crippen LogP contribution is -2.29. The van der Waals surface area contributed by atoms with Gasteiger partial charge < -0.3 is 4.42 Å². The number of aromatic amines is 1. The molecule has 2 aromatic heterocycles. The van der Waals surface area contributed by atoms with Crippen LogP contribution in [-0.2, 0) is 10.0 Å². The van der Waals surface area contributed by atoms with Gasteiger partial charge in [-0.25, -0.2) is 22.9 Å². The van der Waals surface area contributed by atoms with E-state index in [1.54, 1.807) is 6.20 Å². The average molecular weight is 367 g/mol. The Morgan fingerprint density at radius 3 is 2.83 bits per heavy atom. The first-order chi connectivity index (χ1) is 11.3. The Kier molecular flexibility index (Phi) is 4.57. The van der Waals surface area contributed by atoms with Gasteiger partial charge in [0.25, 0.3) is 0 Å². The van der Waals surface area contributed by atoms with Gasteiger partial charge in [0.15, 0.2) is 5.58 Å². The van der Waals surface area contributed by atoms with Gasteiger partial charge in [-0.1, -0.05) is 13.8 Å². The van der Waals surface area contributed by atoms with Crippen molar-refractivity contribution in [2.45, 2.75) is 31.2 Å². The second-order valence-electron chi connectivity index (χ2n) is 5.85. The van der Waals surface area contributed by atoms with E-state index in [4.69, 9.17) is 4.42 Å². The summed E-state index contributed by atoms with van der Waals surface area (Å²) >= 11 is 1.41. The number of hydrogen-bond acceptors (Lipinski definition) is 6. The first-order valence-corrected chi connectivity index (χ1v) is 9.76. The van der Waals surface area contributed by atoms with Crippen molar-refractivity contribution in [3.63, 3.8) is 0 Å². The molecule has 1 unspecified atom stereocenters. The SMILES string of the molecule is CC(C)CC(NS(=O)(=O)c1ccc2[nH]c(=O)oc2c1)c1nccs1. The second kappa shape index (κ2) is 6.50. The van der Waals surface area contributed by atoms with E-state index in [9.17, 15) is 13.2 Å². The molecule has 2 N–H and O–H groups in total. The highest BCUT2D eigenvalue weighted by Gasteiger charge is 2.24.